The minimum absolute atomic E-state index is 0.0306. The fourth-order valence-corrected chi connectivity index (χ4v) is 3.82. The van der Waals surface area contributed by atoms with Crippen molar-refractivity contribution >= 4 is 34.1 Å². The van der Waals surface area contributed by atoms with Crippen LogP contribution in [0, 0.1) is 0 Å². The number of aromatic nitrogens is 4. The van der Waals surface area contributed by atoms with Gasteiger partial charge in [0.1, 0.15) is 0 Å². The summed E-state index contributed by atoms with van der Waals surface area (Å²) in [6, 6.07) is 14.3. The summed E-state index contributed by atoms with van der Waals surface area (Å²) in [7, 11) is 0. The van der Waals surface area contributed by atoms with Gasteiger partial charge in [-0.15, -0.1) is 0 Å². The van der Waals surface area contributed by atoms with Gasteiger partial charge in [0.15, 0.2) is 5.82 Å². The first-order valence-corrected chi connectivity index (χ1v) is 9.79. The number of benzene rings is 2. The number of fused-ring (bicyclic) bond motifs is 1. The Balaban J connectivity index is 1.36. The van der Waals surface area contributed by atoms with Crippen molar-refractivity contribution in [2.75, 3.05) is 11.4 Å². The van der Waals surface area contributed by atoms with Crippen LogP contribution in [0.15, 0.2) is 64.2 Å². The Bertz CT molecular complexity index is 1320. The molecule has 4 aromatic rings. The van der Waals surface area contributed by atoms with E-state index in [2.05, 4.69) is 15.1 Å². The first-order valence-electron chi connectivity index (χ1n) is 9.41. The third-order valence-corrected chi connectivity index (χ3v) is 5.36. The number of anilines is 1. The van der Waals surface area contributed by atoms with E-state index < -0.39 is 0 Å². The van der Waals surface area contributed by atoms with Gasteiger partial charge in [-0.3, -0.25) is 14.2 Å². The molecule has 1 aliphatic rings. The van der Waals surface area contributed by atoms with Crippen LogP contribution < -0.4 is 10.5 Å². The molecule has 1 fully saturated rings. The van der Waals surface area contributed by atoms with Gasteiger partial charge in [-0.05, 0) is 30.3 Å². The van der Waals surface area contributed by atoms with Crippen molar-refractivity contribution in [1.82, 2.24) is 19.7 Å². The maximum atomic E-state index is 12.6. The molecule has 0 bridgehead atoms. The summed E-state index contributed by atoms with van der Waals surface area (Å²) in [5, 5.41) is 5.09. The summed E-state index contributed by atoms with van der Waals surface area (Å²) in [6.45, 7) is 0.567. The zero-order valence-corrected chi connectivity index (χ0v) is 16.5. The zero-order valence-electron chi connectivity index (χ0n) is 15.7. The van der Waals surface area contributed by atoms with Crippen molar-refractivity contribution in [3.63, 3.8) is 0 Å². The first kappa shape index (κ1) is 18.5. The molecule has 8 nitrogen and oxygen atoms in total. The first-order chi connectivity index (χ1) is 14.6. The third kappa shape index (κ3) is 3.35. The van der Waals surface area contributed by atoms with Gasteiger partial charge in [0.2, 0.25) is 11.8 Å². The second-order valence-corrected chi connectivity index (χ2v) is 7.57. The highest BCUT2D eigenvalue weighted by Gasteiger charge is 2.35. The van der Waals surface area contributed by atoms with Crippen LogP contribution in [-0.2, 0) is 11.3 Å². The van der Waals surface area contributed by atoms with E-state index in [0.717, 1.165) is 5.69 Å². The molecule has 1 unspecified atom stereocenters. The fraction of sp³-hybridized carbons (Fsp3) is 0.190. The van der Waals surface area contributed by atoms with Crippen molar-refractivity contribution in [2.24, 2.45) is 0 Å². The van der Waals surface area contributed by atoms with Crippen LogP contribution in [0.4, 0.5) is 5.69 Å². The second-order valence-electron chi connectivity index (χ2n) is 7.13. The highest BCUT2D eigenvalue weighted by Crippen LogP contribution is 2.32. The van der Waals surface area contributed by atoms with E-state index >= 15 is 0 Å². The van der Waals surface area contributed by atoms with Gasteiger partial charge in [-0.1, -0.05) is 35.0 Å². The van der Waals surface area contributed by atoms with Gasteiger partial charge in [0.25, 0.3) is 5.56 Å². The van der Waals surface area contributed by atoms with E-state index in [-0.39, 0.29) is 30.3 Å². The number of nitrogens with zero attached hydrogens (tertiary/aromatic N) is 5. The Kier molecular flexibility index (Phi) is 4.55. The maximum Gasteiger partial charge on any atom is 0.261 e. The highest BCUT2D eigenvalue weighted by molar-refractivity contribution is 6.30. The molecule has 30 heavy (non-hydrogen) atoms. The summed E-state index contributed by atoms with van der Waals surface area (Å²) in [5.74, 6) is 0.489. The predicted molar refractivity (Wildman–Crippen MR) is 111 cm³/mol. The summed E-state index contributed by atoms with van der Waals surface area (Å²) >= 11 is 6.04. The zero-order chi connectivity index (χ0) is 20.7. The molecule has 0 saturated carbocycles. The van der Waals surface area contributed by atoms with E-state index in [9.17, 15) is 9.59 Å². The average Bonchev–Trinajstić information content (AvgIpc) is 3.37. The number of rotatable bonds is 4. The van der Waals surface area contributed by atoms with Gasteiger partial charge in [-0.25, -0.2) is 4.98 Å². The number of carbonyl (C=O) groups is 1. The highest BCUT2D eigenvalue weighted by atomic mass is 35.5. The molecule has 1 aliphatic heterocycles. The minimum Gasteiger partial charge on any atom is -0.339 e. The van der Waals surface area contributed by atoms with Crippen LogP contribution in [0.3, 0.4) is 0 Å². The number of hydrogen-bond acceptors (Lipinski definition) is 6. The van der Waals surface area contributed by atoms with Gasteiger partial charge in [0, 0.05) is 23.7 Å². The molecule has 0 N–H and O–H groups in total. The molecule has 1 atom stereocenters. The largest absolute Gasteiger partial charge is 0.339 e. The summed E-state index contributed by atoms with van der Waals surface area (Å²) in [6.07, 6.45) is 1.74. The van der Waals surface area contributed by atoms with Crippen molar-refractivity contribution < 1.29 is 9.32 Å². The van der Waals surface area contributed by atoms with Crippen molar-refractivity contribution in [2.45, 2.75) is 18.9 Å². The van der Waals surface area contributed by atoms with Crippen LogP contribution in [0.25, 0.3) is 10.9 Å². The normalized spacial score (nSPS) is 16.5. The Morgan fingerprint density at radius 2 is 2.00 bits per heavy atom. The Morgan fingerprint density at radius 1 is 1.13 bits per heavy atom. The van der Waals surface area contributed by atoms with E-state index in [4.69, 9.17) is 16.1 Å². The Labute approximate surface area is 175 Å². The SMILES string of the molecule is O=C1CC(c2nc(Cn3cnc4ccccc4c3=O)no2)CN1c1cccc(Cl)c1. The molecule has 2 aromatic carbocycles. The molecule has 0 radical (unpaired) electrons. The van der Waals surface area contributed by atoms with Crippen LogP contribution >= 0.6 is 11.6 Å². The molecule has 9 heteroatoms. The Hall–Kier alpha value is -3.52. The fourth-order valence-electron chi connectivity index (χ4n) is 3.64. The number of para-hydroxylation sites is 1. The predicted octanol–water partition coefficient (Wildman–Crippen LogP) is 3.00. The van der Waals surface area contributed by atoms with Crippen molar-refractivity contribution in [3.05, 3.63) is 81.9 Å². The maximum absolute atomic E-state index is 12.6. The summed E-state index contributed by atoms with van der Waals surface area (Å²) in [5.41, 5.74) is 1.21. The summed E-state index contributed by atoms with van der Waals surface area (Å²) in [4.78, 5) is 35.5. The van der Waals surface area contributed by atoms with Gasteiger partial charge in [-0.2, -0.15) is 4.98 Å². The monoisotopic (exact) mass is 421 g/mol. The second kappa shape index (κ2) is 7.38. The average molecular weight is 422 g/mol. The Morgan fingerprint density at radius 3 is 2.87 bits per heavy atom. The van der Waals surface area contributed by atoms with Gasteiger partial charge < -0.3 is 9.42 Å². The van der Waals surface area contributed by atoms with E-state index in [1.165, 1.54) is 10.9 Å². The third-order valence-electron chi connectivity index (χ3n) is 5.12. The lowest BCUT2D eigenvalue weighted by molar-refractivity contribution is -0.117. The van der Waals surface area contributed by atoms with E-state index in [0.29, 0.717) is 34.2 Å². The van der Waals surface area contributed by atoms with Crippen LogP contribution in [0.1, 0.15) is 24.1 Å². The van der Waals surface area contributed by atoms with Gasteiger partial charge in [0.05, 0.1) is 29.7 Å². The molecule has 1 saturated heterocycles. The van der Waals surface area contributed by atoms with Crippen LogP contribution in [-0.4, -0.2) is 32.1 Å². The molecule has 5 rings (SSSR count). The quantitative estimate of drug-likeness (QED) is 0.502. The standard InChI is InChI=1S/C21H16ClN5O3/c22-14-4-3-5-15(9-14)27-10-13(8-19(27)28)20-24-18(25-30-20)11-26-12-23-17-7-2-1-6-16(17)21(26)29/h1-7,9,12-13H,8,10-11H2. The molecular weight excluding hydrogens is 406 g/mol. The molecule has 150 valence electrons. The number of carbonyl (C=O) groups excluding carboxylic acids is 1. The van der Waals surface area contributed by atoms with Crippen LogP contribution in [0.5, 0.6) is 0 Å². The smallest absolute Gasteiger partial charge is 0.261 e. The number of amides is 1. The lowest BCUT2D eigenvalue weighted by Crippen LogP contribution is -2.24. The topological polar surface area (TPSA) is 94.1 Å². The molecule has 2 aromatic heterocycles. The van der Waals surface area contributed by atoms with Crippen molar-refractivity contribution in [1.29, 1.82) is 0 Å². The molecule has 1 amide bonds. The number of hydrogen-bond donors (Lipinski definition) is 0. The lowest BCUT2D eigenvalue weighted by Gasteiger charge is -2.16. The van der Waals surface area contributed by atoms with E-state index in [1.54, 1.807) is 41.3 Å². The molecular formula is C21H16ClN5O3. The van der Waals surface area contributed by atoms with Crippen molar-refractivity contribution in [3.8, 4) is 0 Å². The summed E-state index contributed by atoms with van der Waals surface area (Å²) < 4.78 is 6.84. The van der Waals surface area contributed by atoms with E-state index in [1.807, 2.05) is 12.1 Å². The molecule has 0 aliphatic carbocycles. The lowest BCUT2D eigenvalue weighted by atomic mass is 10.1. The molecule has 0 spiro atoms. The van der Waals surface area contributed by atoms with Crippen LogP contribution in [0.2, 0.25) is 5.02 Å². The van der Waals surface area contributed by atoms with Gasteiger partial charge >= 0.3 is 0 Å². The molecule has 3 heterocycles. The number of halogens is 1. The minimum atomic E-state index is -0.218.